The fourth-order valence-corrected chi connectivity index (χ4v) is 4.72. The SMILES string of the molecule is Cc1cccc(C(NC(=O)c2ccc(C(F)(F)F)cc2C(F)(F)F)C2(N(C)C)CCCC2)c1. The van der Waals surface area contributed by atoms with Crippen LogP contribution in [0.4, 0.5) is 26.3 Å². The van der Waals surface area contributed by atoms with Crippen LogP contribution in [0, 0.1) is 6.92 Å². The van der Waals surface area contributed by atoms with Gasteiger partial charge in [-0.1, -0.05) is 42.7 Å². The number of amides is 1. The van der Waals surface area contributed by atoms with Crippen LogP contribution < -0.4 is 5.32 Å². The van der Waals surface area contributed by atoms with E-state index in [2.05, 4.69) is 5.32 Å². The van der Waals surface area contributed by atoms with Crippen LogP contribution in [0.3, 0.4) is 0 Å². The Morgan fingerprint density at radius 2 is 1.61 bits per heavy atom. The molecule has 0 spiro atoms. The summed E-state index contributed by atoms with van der Waals surface area (Å²) in [6.07, 6.45) is -6.86. The molecule has 2 aromatic rings. The molecule has 1 atom stereocenters. The van der Waals surface area contributed by atoms with Crippen molar-refractivity contribution in [3.8, 4) is 0 Å². The first kappa shape index (κ1) is 25.1. The van der Waals surface area contributed by atoms with Gasteiger partial charge in [0.05, 0.1) is 22.7 Å². The number of carbonyl (C=O) groups excluding carboxylic acids is 1. The quantitative estimate of drug-likeness (QED) is 0.513. The summed E-state index contributed by atoms with van der Waals surface area (Å²) < 4.78 is 80.0. The number of benzene rings is 2. The second-order valence-corrected chi connectivity index (χ2v) is 8.78. The molecule has 0 aromatic heterocycles. The fourth-order valence-electron chi connectivity index (χ4n) is 4.72. The molecule has 1 fully saturated rings. The number of hydrogen-bond donors (Lipinski definition) is 1. The van der Waals surface area contributed by atoms with E-state index in [-0.39, 0.29) is 6.07 Å². The molecule has 1 aliphatic rings. The second kappa shape index (κ2) is 9.00. The van der Waals surface area contributed by atoms with Crippen LogP contribution in [0.5, 0.6) is 0 Å². The van der Waals surface area contributed by atoms with E-state index in [0.717, 1.165) is 36.8 Å². The van der Waals surface area contributed by atoms with Crippen LogP contribution in [0.15, 0.2) is 42.5 Å². The van der Waals surface area contributed by atoms with Crippen molar-refractivity contribution in [2.75, 3.05) is 14.1 Å². The molecule has 180 valence electrons. The van der Waals surface area contributed by atoms with Gasteiger partial charge in [0.25, 0.3) is 5.91 Å². The highest BCUT2D eigenvalue weighted by molar-refractivity contribution is 5.96. The molecule has 2 aromatic carbocycles. The van der Waals surface area contributed by atoms with Gasteiger partial charge >= 0.3 is 12.4 Å². The van der Waals surface area contributed by atoms with Gasteiger partial charge in [0.15, 0.2) is 0 Å². The van der Waals surface area contributed by atoms with Gasteiger partial charge in [-0.15, -0.1) is 0 Å². The van der Waals surface area contributed by atoms with Gasteiger partial charge in [0.2, 0.25) is 0 Å². The van der Waals surface area contributed by atoms with Gasteiger partial charge in [-0.3, -0.25) is 4.79 Å². The summed E-state index contributed by atoms with van der Waals surface area (Å²) >= 11 is 0. The number of nitrogens with one attached hydrogen (secondary N) is 1. The van der Waals surface area contributed by atoms with Crippen LogP contribution >= 0.6 is 0 Å². The van der Waals surface area contributed by atoms with Crippen molar-refractivity contribution < 1.29 is 31.1 Å². The van der Waals surface area contributed by atoms with Gasteiger partial charge in [0, 0.05) is 5.54 Å². The monoisotopic (exact) mass is 472 g/mol. The van der Waals surface area contributed by atoms with Crippen molar-refractivity contribution >= 4 is 5.91 Å². The van der Waals surface area contributed by atoms with Crippen LogP contribution in [0.2, 0.25) is 0 Å². The predicted molar refractivity (Wildman–Crippen MR) is 113 cm³/mol. The molecule has 1 saturated carbocycles. The molecular formula is C24H26F6N2O. The lowest BCUT2D eigenvalue weighted by Gasteiger charge is -2.44. The number of nitrogens with zero attached hydrogens (tertiary/aromatic N) is 1. The average molecular weight is 472 g/mol. The minimum absolute atomic E-state index is 0.00608. The summed E-state index contributed by atoms with van der Waals surface area (Å²) in [4.78, 5) is 15.1. The smallest absolute Gasteiger partial charge is 0.343 e. The van der Waals surface area contributed by atoms with Crippen molar-refractivity contribution in [1.29, 1.82) is 0 Å². The summed E-state index contributed by atoms with van der Waals surface area (Å²) in [7, 11) is 3.72. The average Bonchev–Trinajstić information content (AvgIpc) is 3.21. The molecule has 1 unspecified atom stereocenters. The van der Waals surface area contributed by atoms with Crippen molar-refractivity contribution in [1.82, 2.24) is 10.2 Å². The highest BCUT2D eigenvalue weighted by Crippen LogP contribution is 2.44. The molecule has 33 heavy (non-hydrogen) atoms. The largest absolute Gasteiger partial charge is 0.417 e. The zero-order valence-corrected chi connectivity index (χ0v) is 18.6. The minimum Gasteiger partial charge on any atom is -0.343 e. The molecular weight excluding hydrogens is 446 g/mol. The van der Waals surface area contributed by atoms with Crippen molar-refractivity contribution in [2.45, 2.75) is 56.5 Å². The normalized spacial score (nSPS) is 17.3. The molecule has 9 heteroatoms. The summed E-state index contributed by atoms with van der Waals surface area (Å²) in [5.41, 5.74) is -2.78. The Bertz CT molecular complexity index is 1010. The Morgan fingerprint density at radius 1 is 0.970 bits per heavy atom. The van der Waals surface area contributed by atoms with Crippen molar-refractivity contribution in [3.05, 3.63) is 70.3 Å². The van der Waals surface area contributed by atoms with E-state index >= 15 is 0 Å². The van der Waals surface area contributed by atoms with Crippen molar-refractivity contribution in [2.24, 2.45) is 0 Å². The van der Waals surface area contributed by atoms with E-state index in [1.54, 1.807) is 12.1 Å². The van der Waals surface area contributed by atoms with E-state index in [0.29, 0.717) is 12.1 Å². The third-order valence-corrected chi connectivity index (χ3v) is 6.45. The molecule has 0 aliphatic heterocycles. The first-order chi connectivity index (χ1) is 15.3. The Hall–Kier alpha value is -2.55. The van der Waals surface area contributed by atoms with Gasteiger partial charge < -0.3 is 10.2 Å². The van der Waals surface area contributed by atoms with Gasteiger partial charge in [0.1, 0.15) is 0 Å². The second-order valence-electron chi connectivity index (χ2n) is 8.78. The number of halogens is 6. The standard InChI is InChI=1S/C24H26F6N2O/c1-15-7-6-8-16(13-15)20(22(32(2)3)11-4-5-12-22)31-21(33)18-10-9-17(23(25,26)27)14-19(18)24(28,29)30/h6-10,13-14,20H,4-5,11-12H2,1-3H3,(H,31,33). The lowest BCUT2D eigenvalue weighted by Crippen LogP contribution is -2.53. The third-order valence-electron chi connectivity index (χ3n) is 6.45. The number of rotatable bonds is 5. The van der Waals surface area contributed by atoms with Crippen molar-refractivity contribution in [3.63, 3.8) is 0 Å². The highest BCUT2D eigenvalue weighted by Gasteiger charge is 2.46. The Kier molecular flexibility index (Phi) is 6.84. The van der Waals surface area contributed by atoms with Crippen LogP contribution in [0.1, 0.15) is 64.3 Å². The molecule has 0 radical (unpaired) electrons. The molecule has 0 saturated heterocycles. The minimum atomic E-state index is -5.13. The van der Waals surface area contributed by atoms with Gasteiger partial charge in [-0.2, -0.15) is 26.3 Å². The summed E-state index contributed by atoms with van der Waals surface area (Å²) in [5.74, 6) is -1.06. The number of likely N-dealkylation sites (N-methyl/N-ethyl adjacent to an activating group) is 1. The molecule has 1 N–H and O–H groups in total. The zero-order valence-electron chi connectivity index (χ0n) is 18.6. The number of carbonyl (C=O) groups is 1. The summed E-state index contributed by atoms with van der Waals surface area (Å²) in [5, 5.41) is 2.75. The van der Waals surface area contributed by atoms with E-state index in [1.807, 2.05) is 38.1 Å². The molecule has 0 bridgehead atoms. The van der Waals surface area contributed by atoms with Crippen LogP contribution in [0.25, 0.3) is 0 Å². The molecule has 3 rings (SSSR count). The summed E-state index contributed by atoms with van der Waals surface area (Å²) in [6.45, 7) is 1.87. The number of aryl methyl sites for hydroxylation is 1. The molecule has 1 amide bonds. The van der Waals surface area contributed by atoms with E-state index in [1.165, 1.54) is 0 Å². The molecule has 0 heterocycles. The maximum absolute atomic E-state index is 13.6. The number of alkyl halides is 6. The topological polar surface area (TPSA) is 32.3 Å². The van der Waals surface area contributed by atoms with Crippen LogP contribution in [-0.2, 0) is 12.4 Å². The third kappa shape index (κ3) is 5.18. The first-order valence-electron chi connectivity index (χ1n) is 10.6. The Labute approximate surface area is 188 Å². The van der Waals surface area contributed by atoms with Gasteiger partial charge in [-0.05, 0) is 57.6 Å². The molecule has 3 nitrogen and oxygen atoms in total. The maximum atomic E-state index is 13.6. The molecule has 1 aliphatic carbocycles. The van der Waals surface area contributed by atoms with Crippen LogP contribution in [-0.4, -0.2) is 30.4 Å². The zero-order chi connectivity index (χ0) is 24.6. The number of hydrogen-bond acceptors (Lipinski definition) is 2. The highest BCUT2D eigenvalue weighted by atomic mass is 19.4. The lowest BCUT2D eigenvalue weighted by molar-refractivity contribution is -0.143. The van der Waals surface area contributed by atoms with E-state index < -0.39 is 46.5 Å². The van der Waals surface area contributed by atoms with E-state index in [4.69, 9.17) is 0 Å². The first-order valence-corrected chi connectivity index (χ1v) is 10.6. The fraction of sp³-hybridized carbons (Fsp3) is 0.458. The predicted octanol–water partition coefficient (Wildman–Crippen LogP) is 6.38. The Morgan fingerprint density at radius 3 is 2.12 bits per heavy atom. The summed E-state index contributed by atoms with van der Waals surface area (Å²) in [6, 6.07) is 7.80. The van der Waals surface area contributed by atoms with E-state index in [9.17, 15) is 31.1 Å². The lowest BCUT2D eigenvalue weighted by atomic mass is 9.81. The Balaban J connectivity index is 2.08. The maximum Gasteiger partial charge on any atom is 0.417 e. The van der Waals surface area contributed by atoms with Gasteiger partial charge in [-0.25, -0.2) is 0 Å².